The van der Waals surface area contributed by atoms with E-state index in [2.05, 4.69) is 52.6 Å². The zero-order chi connectivity index (χ0) is 18.2. The van der Waals surface area contributed by atoms with Gasteiger partial charge < -0.3 is 14.6 Å². The van der Waals surface area contributed by atoms with Gasteiger partial charge in [0.05, 0.1) is 0 Å². The fourth-order valence-corrected chi connectivity index (χ4v) is 4.09. The Kier molecular flexibility index (Phi) is 4.06. The van der Waals surface area contributed by atoms with Gasteiger partial charge in [-0.05, 0) is 55.6 Å². The highest BCUT2D eigenvalue weighted by Gasteiger charge is 2.19. The minimum atomic E-state index is 0.584. The number of rotatable bonds is 3. The normalized spacial score (nSPS) is 15.4. The second kappa shape index (κ2) is 6.71. The molecule has 1 N–H and O–H groups in total. The third kappa shape index (κ3) is 2.96. The highest BCUT2D eigenvalue weighted by atomic mass is 16.3. The first kappa shape index (κ1) is 16.3. The number of para-hydroxylation sites is 1. The van der Waals surface area contributed by atoms with Crippen molar-refractivity contribution in [3.63, 3.8) is 0 Å². The molecule has 5 rings (SSSR count). The first-order chi connectivity index (χ1) is 13.3. The molecule has 27 heavy (non-hydrogen) atoms. The molecule has 0 atom stereocenters. The number of anilines is 1. The number of fused-ring (bicyclic) bond motifs is 2. The second-order valence-corrected chi connectivity index (χ2v) is 7.33. The number of pyridine rings is 1. The minimum Gasteiger partial charge on any atom is -0.456 e. The first-order valence-corrected chi connectivity index (χ1v) is 9.60. The molecular weight excluding hydrogens is 334 g/mol. The Hall–Kier alpha value is -2.85. The van der Waals surface area contributed by atoms with Gasteiger partial charge in [-0.15, -0.1) is 0 Å². The summed E-state index contributed by atoms with van der Waals surface area (Å²) in [6, 6.07) is 17.5. The van der Waals surface area contributed by atoms with E-state index in [9.17, 15) is 0 Å². The van der Waals surface area contributed by atoms with Crippen molar-refractivity contribution in [2.24, 2.45) is 0 Å². The van der Waals surface area contributed by atoms with E-state index in [1.807, 2.05) is 30.6 Å². The molecule has 1 aliphatic heterocycles. The molecule has 0 radical (unpaired) electrons. The Bertz CT molecular complexity index is 1060. The molecule has 0 saturated carbocycles. The number of hydrogen-bond donors (Lipinski definition) is 1. The van der Waals surface area contributed by atoms with Crippen molar-refractivity contribution in [1.29, 1.82) is 0 Å². The Morgan fingerprint density at radius 2 is 1.85 bits per heavy atom. The first-order valence-electron chi connectivity index (χ1n) is 9.60. The van der Waals surface area contributed by atoms with Crippen molar-refractivity contribution in [3.05, 3.63) is 60.9 Å². The molecule has 2 aromatic heterocycles. The molecule has 1 saturated heterocycles. The van der Waals surface area contributed by atoms with Crippen molar-refractivity contribution in [3.8, 4) is 11.3 Å². The van der Waals surface area contributed by atoms with Gasteiger partial charge in [0.15, 0.2) is 0 Å². The summed E-state index contributed by atoms with van der Waals surface area (Å²) in [6.45, 7) is 2.19. The van der Waals surface area contributed by atoms with E-state index in [1.54, 1.807) is 0 Å². The number of piperidine rings is 1. The van der Waals surface area contributed by atoms with Gasteiger partial charge in [-0.25, -0.2) is 0 Å². The number of furan rings is 1. The maximum absolute atomic E-state index is 6.12. The van der Waals surface area contributed by atoms with E-state index in [0.29, 0.717) is 6.04 Å². The van der Waals surface area contributed by atoms with Gasteiger partial charge in [0.25, 0.3) is 0 Å². The molecule has 0 aliphatic carbocycles. The minimum absolute atomic E-state index is 0.584. The lowest BCUT2D eigenvalue weighted by Gasteiger charge is -2.33. The fraction of sp³-hybridized carbons (Fsp3) is 0.261. The number of hydrogen-bond acceptors (Lipinski definition) is 4. The highest BCUT2D eigenvalue weighted by Crippen LogP contribution is 2.34. The Balaban J connectivity index is 1.60. The largest absolute Gasteiger partial charge is 0.456 e. The fourth-order valence-electron chi connectivity index (χ4n) is 4.09. The van der Waals surface area contributed by atoms with Crippen LogP contribution in [-0.2, 0) is 0 Å². The lowest BCUT2D eigenvalue weighted by molar-refractivity contribution is 0.443. The molecule has 1 aliphatic rings. The summed E-state index contributed by atoms with van der Waals surface area (Å²) in [5, 5.41) is 6.88. The summed E-state index contributed by atoms with van der Waals surface area (Å²) in [5.41, 5.74) is 3.20. The van der Waals surface area contributed by atoms with Crippen LogP contribution in [0.5, 0.6) is 0 Å². The molecule has 4 nitrogen and oxygen atoms in total. The average molecular weight is 357 g/mol. The molecule has 0 bridgehead atoms. The predicted octanol–water partition coefficient (Wildman–Crippen LogP) is 4.84. The number of nitrogens with one attached hydrogen (secondary N) is 1. The van der Waals surface area contributed by atoms with Gasteiger partial charge in [0.2, 0.25) is 0 Å². The maximum Gasteiger partial charge on any atom is 0.137 e. The van der Waals surface area contributed by atoms with E-state index in [1.165, 1.54) is 23.9 Å². The van der Waals surface area contributed by atoms with Crippen LogP contribution in [0.4, 0.5) is 5.69 Å². The van der Waals surface area contributed by atoms with E-state index >= 15 is 0 Å². The third-order valence-corrected chi connectivity index (χ3v) is 5.70. The molecule has 4 heteroatoms. The van der Waals surface area contributed by atoms with Crippen molar-refractivity contribution >= 4 is 27.4 Å². The second-order valence-electron chi connectivity index (χ2n) is 7.33. The Morgan fingerprint density at radius 1 is 1.00 bits per heavy atom. The topological polar surface area (TPSA) is 41.3 Å². The lowest BCUT2D eigenvalue weighted by Crippen LogP contribution is -2.41. The Morgan fingerprint density at radius 3 is 2.70 bits per heavy atom. The molecule has 0 spiro atoms. The van der Waals surface area contributed by atoms with Crippen LogP contribution in [0.1, 0.15) is 12.8 Å². The van der Waals surface area contributed by atoms with Gasteiger partial charge in [-0.1, -0.05) is 24.3 Å². The van der Waals surface area contributed by atoms with Crippen LogP contribution in [0.3, 0.4) is 0 Å². The predicted molar refractivity (Wildman–Crippen MR) is 111 cm³/mol. The van der Waals surface area contributed by atoms with Gasteiger partial charge in [0, 0.05) is 47.5 Å². The lowest BCUT2D eigenvalue weighted by atomic mass is 10.0. The summed E-state index contributed by atoms with van der Waals surface area (Å²) < 4.78 is 6.12. The summed E-state index contributed by atoms with van der Waals surface area (Å²) >= 11 is 0. The zero-order valence-electron chi connectivity index (χ0n) is 15.5. The monoisotopic (exact) mass is 357 g/mol. The standard InChI is InChI=1S/C23H23N3O/c1-26(18-8-10-24-11-9-18)19-7-6-17-14-25-15-21(20(17)13-19)23-12-16-4-2-3-5-22(16)27-23/h2-7,12-15,18,24H,8-11H2,1H3. The average Bonchev–Trinajstić information content (AvgIpc) is 3.17. The highest BCUT2D eigenvalue weighted by molar-refractivity contribution is 5.98. The van der Waals surface area contributed by atoms with Crippen molar-refractivity contribution in [2.45, 2.75) is 18.9 Å². The van der Waals surface area contributed by atoms with Crippen molar-refractivity contribution in [1.82, 2.24) is 10.3 Å². The number of aromatic nitrogens is 1. The van der Waals surface area contributed by atoms with Crippen LogP contribution >= 0.6 is 0 Å². The van der Waals surface area contributed by atoms with Crippen LogP contribution in [-0.4, -0.2) is 31.2 Å². The van der Waals surface area contributed by atoms with E-state index < -0.39 is 0 Å². The van der Waals surface area contributed by atoms with Crippen molar-refractivity contribution in [2.75, 3.05) is 25.0 Å². The smallest absolute Gasteiger partial charge is 0.137 e. The molecule has 2 aromatic carbocycles. The van der Waals surface area contributed by atoms with Crippen LogP contribution in [0, 0.1) is 0 Å². The third-order valence-electron chi connectivity index (χ3n) is 5.70. The Labute approximate surface area is 158 Å². The quantitative estimate of drug-likeness (QED) is 0.570. The zero-order valence-corrected chi connectivity index (χ0v) is 15.5. The summed E-state index contributed by atoms with van der Waals surface area (Å²) in [7, 11) is 2.21. The molecule has 0 amide bonds. The summed E-state index contributed by atoms with van der Waals surface area (Å²) in [4.78, 5) is 6.86. The van der Waals surface area contributed by atoms with E-state index in [0.717, 1.165) is 40.8 Å². The van der Waals surface area contributed by atoms with Gasteiger partial charge >= 0.3 is 0 Å². The van der Waals surface area contributed by atoms with Crippen LogP contribution in [0.2, 0.25) is 0 Å². The number of benzene rings is 2. The molecule has 4 aromatic rings. The van der Waals surface area contributed by atoms with Gasteiger partial charge in [-0.2, -0.15) is 0 Å². The molecule has 0 unspecified atom stereocenters. The van der Waals surface area contributed by atoms with Crippen LogP contribution in [0.15, 0.2) is 65.3 Å². The van der Waals surface area contributed by atoms with Crippen LogP contribution in [0.25, 0.3) is 33.1 Å². The van der Waals surface area contributed by atoms with Gasteiger partial charge in [-0.3, -0.25) is 4.98 Å². The van der Waals surface area contributed by atoms with Crippen molar-refractivity contribution < 1.29 is 4.42 Å². The molecular formula is C23H23N3O. The SMILES string of the molecule is CN(c1ccc2cncc(-c3cc4ccccc4o3)c2c1)C1CCNCC1. The summed E-state index contributed by atoms with van der Waals surface area (Å²) in [6.07, 6.45) is 6.20. The summed E-state index contributed by atoms with van der Waals surface area (Å²) in [5.74, 6) is 0.871. The van der Waals surface area contributed by atoms with E-state index in [4.69, 9.17) is 4.42 Å². The van der Waals surface area contributed by atoms with E-state index in [-0.39, 0.29) is 0 Å². The van der Waals surface area contributed by atoms with Gasteiger partial charge in [0.1, 0.15) is 11.3 Å². The maximum atomic E-state index is 6.12. The molecule has 136 valence electrons. The van der Waals surface area contributed by atoms with Crippen LogP contribution < -0.4 is 10.2 Å². The molecule has 1 fully saturated rings. The molecule has 3 heterocycles. The number of nitrogens with zero attached hydrogens (tertiary/aromatic N) is 2.